The van der Waals surface area contributed by atoms with Crippen LogP contribution in [0.1, 0.15) is 29.9 Å². The van der Waals surface area contributed by atoms with E-state index in [0.29, 0.717) is 5.88 Å². The van der Waals surface area contributed by atoms with Crippen molar-refractivity contribution >= 4 is 11.6 Å². The Morgan fingerprint density at radius 3 is 2.56 bits per heavy atom. The number of aromatic amines is 1. The lowest BCUT2D eigenvalue weighted by molar-refractivity contribution is 0.771. The molecule has 0 unspecified atom stereocenters. The molecule has 2 aromatic rings. The van der Waals surface area contributed by atoms with Crippen molar-refractivity contribution in [1.29, 1.82) is 0 Å². The van der Waals surface area contributed by atoms with Crippen LogP contribution in [0.15, 0.2) is 36.5 Å². The third-order valence-corrected chi connectivity index (χ3v) is 3.59. The van der Waals surface area contributed by atoms with Gasteiger partial charge in [0.15, 0.2) is 0 Å². The average Bonchev–Trinajstić information content (AvgIpc) is 3.02. The molecule has 0 aliphatic heterocycles. The van der Waals surface area contributed by atoms with E-state index in [9.17, 15) is 0 Å². The van der Waals surface area contributed by atoms with Gasteiger partial charge in [0.2, 0.25) is 0 Å². The smallest absolute Gasteiger partial charge is 0.116 e. The molecule has 1 aromatic carbocycles. The molecule has 1 aliphatic carbocycles. The first-order valence-electron chi connectivity index (χ1n) is 5.51. The Morgan fingerprint density at radius 1 is 1.25 bits per heavy atom. The van der Waals surface area contributed by atoms with Gasteiger partial charge in [0, 0.05) is 11.9 Å². The van der Waals surface area contributed by atoms with Crippen LogP contribution in [0.25, 0.3) is 0 Å². The zero-order valence-electron chi connectivity index (χ0n) is 8.91. The number of H-pyrrole nitrogens is 1. The lowest BCUT2D eigenvalue weighted by atomic mass is 9.95. The highest BCUT2D eigenvalue weighted by Gasteiger charge is 2.48. The van der Waals surface area contributed by atoms with Crippen molar-refractivity contribution in [2.45, 2.75) is 24.1 Å². The van der Waals surface area contributed by atoms with Crippen LogP contribution in [-0.2, 0) is 11.3 Å². The molecule has 3 rings (SSSR count). The van der Waals surface area contributed by atoms with Crippen molar-refractivity contribution < 1.29 is 0 Å². The number of nitrogens with zero attached hydrogens (tertiary/aromatic N) is 1. The van der Waals surface area contributed by atoms with Crippen LogP contribution in [0.4, 0.5) is 0 Å². The quantitative estimate of drug-likeness (QED) is 0.809. The largest absolute Gasteiger partial charge is 0.344 e. The molecule has 1 fully saturated rings. The fourth-order valence-electron chi connectivity index (χ4n) is 2.21. The molecule has 82 valence electrons. The number of benzene rings is 1. The van der Waals surface area contributed by atoms with Crippen LogP contribution in [-0.4, -0.2) is 9.97 Å². The molecule has 0 bridgehead atoms. The number of aromatic nitrogens is 2. The van der Waals surface area contributed by atoms with E-state index in [2.05, 4.69) is 34.2 Å². The molecular formula is C13H13ClN2. The highest BCUT2D eigenvalue weighted by Crippen LogP contribution is 2.52. The van der Waals surface area contributed by atoms with Gasteiger partial charge in [0.1, 0.15) is 5.82 Å². The Balaban J connectivity index is 2.00. The summed E-state index contributed by atoms with van der Waals surface area (Å²) in [6.45, 7) is 0. The van der Waals surface area contributed by atoms with Gasteiger partial charge in [0.05, 0.1) is 11.3 Å². The first-order chi connectivity index (χ1) is 7.85. The molecule has 1 saturated carbocycles. The van der Waals surface area contributed by atoms with Crippen molar-refractivity contribution in [3.05, 3.63) is 53.6 Å². The van der Waals surface area contributed by atoms with Crippen molar-refractivity contribution in [3.8, 4) is 0 Å². The lowest BCUT2D eigenvalue weighted by Crippen LogP contribution is -2.10. The van der Waals surface area contributed by atoms with Gasteiger partial charge in [-0.25, -0.2) is 4.98 Å². The normalized spacial score (nSPS) is 17.3. The fourth-order valence-corrected chi connectivity index (χ4v) is 2.35. The van der Waals surface area contributed by atoms with E-state index >= 15 is 0 Å². The second kappa shape index (κ2) is 3.63. The van der Waals surface area contributed by atoms with Crippen LogP contribution in [0, 0.1) is 0 Å². The number of nitrogens with one attached hydrogen (secondary N) is 1. The minimum Gasteiger partial charge on any atom is -0.344 e. The van der Waals surface area contributed by atoms with Gasteiger partial charge in [-0.1, -0.05) is 30.3 Å². The van der Waals surface area contributed by atoms with Crippen molar-refractivity contribution in [2.75, 3.05) is 0 Å². The number of halogens is 1. The van der Waals surface area contributed by atoms with Gasteiger partial charge in [-0.3, -0.25) is 0 Å². The van der Waals surface area contributed by atoms with E-state index in [4.69, 9.17) is 11.6 Å². The van der Waals surface area contributed by atoms with E-state index in [1.54, 1.807) is 0 Å². The Hall–Kier alpha value is -1.28. The van der Waals surface area contributed by atoms with E-state index in [-0.39, 0.29) is 5.41 Å². The predicted molar refractivity (Wildman–Crippen MR) is 64.6 cm³/mol. The van der Waals surface area contributed by atoms with E-state index in [1.165, 1.54) is 18.4 Å². The van der Waals surface area contributed by atoms with Gasteiger partial charge in [0.25, 0.3) is 0 Å². The summed E-state index contributed by atoms with van der Waals surface area (Å²) in [7, 11) is 0. The first-order valence-corrected chi connectivity index (χ1v) is 6.04. The van der Waals surface area contributed by atoms with Crippen molar-refractivity contribution in [1.82, 2.24) is 9.97 Å². The molecule has 1 N–H and O–H groups in total. The average molecular weight is 233 g/mol. The Bertz CT molecular complexity index is 486. The molecule has 0 saturated heterocycles. The maximum atomic E-state index is 5.79. The van der Waals surface area contributed by atoms with Crippen molar-refractivity contribution in [3.63, 3.8) is 0 Å². The van der Waals surface area contributed by atoms with E-state index in [1.807, 2.05) is 12.3 Å². The van der Waals surface area contributed by atoms with E-state index in [0.717, 1.165) is 11.5 Å². The molecule has 1 heterocycles. The zero-order chi connectivity index (χ0) is 11.0. The monoisotopic (exact) mass is 232 g/mol. The Labute approximate surface area is 99.7 Å². The van der Waals surface area contributed by atoms with Crippen LogP contribution in [0.5, 0.6) is 0 Å². The van der Waals surface area contributed by atoms with E-state index < -0.39 is 0 Å². The molecular weight excluding hydrogens is 220 g/mol. The number of alkyl halides is 1. The second-order valence-electron chi connectivity index (χ2n) is 4.34. The number of hydrogen-bond acceptors (Lipinski definition) is 1. The summed E-state index contributed by atoms with van der Waals surface area (Å²) in [5, 5.41) is 0. The molecule has 1 aliphatic rings. The summed E-state index contributed by atoms with van der Waals surface area (Å²) in [5.74, 6) is 1.56. The highest BCUT2D eigenvalue weighted by molar-refractivity contribution is 6.16. The topological polar surface area (TPSA) is 28.7 Å². The molecule has 0 amide bonds. The second-order valence-corrected chi connectivity index (χ2v) is 4.61. The molecule has 0 radical (unpaired) electrons. The lowest BCUT2D eigenvalue weighted by Gasteiger charge is -2.12. The van der Waals surface area contributed by atoms with Gasteiger partial charge >= 0.3 is 0 Å². The summed E-state index contributed by atoms with van der Waals surface area (Å²) >= 11 is 5.79. The van der Waals surface area contributed by atoms with Gasteiger partial charge in [-0.05, 0) is 18.4 Å². The maximum Gasteiger partial charge on any atom is 0.116 e. The Kier molecular flexibility index (Phi) is 2.25. The summed E-state index contributed by atoms with van der Waals surface area (Å²) in [6.07, 6.45) is 4.18. The standard InChI is InChI=1S/C13H13ClN2/c14-8-11-9-15-12(16-11)13(6-7-13)10-4-2-1-3-5-10/h1-5,9H,6-8H2,(H,15,16). The molecule has 16 heavy (non-hydrogen) atoms. The van der Waals surface area contributed by atoms with Crippen LogP contribution in [0.3, 0.4) is 0 Å². The molecule has 3 heteroatoms. The maximum absolute atomic E-state index is 5.79. The van der Waals surface area contributed by atoms with Crippen molar-refractivity contribution in [2.24, 2.45) is 0 Å². The SMILES string of the molecule is ClCc1cnc(C2(c3ccccc3)CC2)[nH]1. The van der Waals surface area contributed by atoms with Gasteiger partial charge < -0.3 is 4.98 Å². The minimum atomic E-state index is 0.131. The predicted octanol–water partition coefficient (Wildman–Crippen LogP) is 3.23. The molecule has 1 aromatic heterocycles. The summed E-state index contributed by atoms with van der Waals surface area (Å²) in [6, 6.07) is 10.6. The van der Waals surface area contributed by atoms with Gasteiger partial charge in [-0.15, -0.1) is 11.6 Å². The molecule has 2 nitrogen and oxygen atoms in total. The molecule has 0 spiro atoms. The third-order valence-electron chi connectivity index (χ3n) is 3.30. The zero-order valence-corrected chi connectivity index (χ0v) is 9.67. The third kappa shape index (κ3) is 1.45. The first kappa shape index (κ1) is 9.91. The fraction of sp³-hybridized carbons (Fsp3) is 0.308. The van der Waals surface area contributed by atoms with Gasteiger partial charge in [-0.2, -0.15) is 0 Å². The number of imidazole rings is 1. The van der Waals surface area contributed by atoms with Crippen LogP contribution >= 0.6 is 11.6 Å². The Morgan fingerprint density at radius 2 is 2.00 bits per heavy atom. The van der Waals surface area contributed by atoms with Crippen LogP contribution < -0.4 is 0 Å². The molecule has 0 atom stereocenters. The summed E-state index contributed by atoms with van der Waals surface area (Å²) in [4.78, 5) is 7.78. The summed E-state index contributed by atoms with van der Waals surface area (Å²) in [5.41, 5.74) is 2.48. The summed E-state index contributed by atoms with van der Waals surface area (Å²) < 4.78 is 0. The minimum absolute atomic E-state index is 0.131. The number of hydrogen-bond donors (Lipinski definition) is 1. The highest BCUT2D eigenvalue weighted by atomic mass is 35.5. The number of rotatable bonds is 3. The van der Waals surface area contributed by atoms with Crippen LogP contribution in [0.2, 0.25) is 0 Å².